The molecule has 90 valence electrons. The Morgan fingerprint density at radius 2 is 2.44 bits per heavy atom. The molecule has 0 aromatic heterocycles. The average molecular weight is 240 g/mol. The van der Waals surface area contributed by atoms with E-state index in [1.165, 1.54) is 0 Å². The lowest BCUT2D eigenvalue weighted by atomic mass is 10.2. The predicted molar refractivity (Wildman–Crippen MR) is 69.4 cm³/mol. The Labute approximate surface area is 102 Å². The molecular weight excluding hydrogens is 220 g/mol. The molecule has 4 heteroatoms. The van der Waals surface area contributed by atoms with E-state index in [0.717, 1.165) is 43.9 Å². The number of hydrogen-bond acceptors (Lipinski definition) is 3. The quantitative estimate of drug-likeness (QED) is 0.537. The van der Waals surface area contributed by atoms with Crippen LogP contribution in [0.3, 0.4) is 0 Å². The molecule has 0 bridgehead atoms. The van der Waals surface area contributed by atoms with Crippen LogP contribution < -0.4 is 10.6 Å². The highest BCUT2D eigenvalue weighted by atomic mass is 32.2. The molecule has 3 nitrogen and oxygen atoms in total. The van der Waals surface area contributed by atoms with E-state index in [1.54, 1.807) is 0 Å². The van der Waals surface area contributed by atoms with Gasteiger partial charge in [-0.15, -0.1) is 12.3 Å². The first-order chi connectivity index (χ1) is 7.83. The summed E-state index contributed by atoms with van der Waals surface area (Å²) in [6, 6.07) is 0.351. The Balaban J connectivity index is 1.99. The standard InChI is InChI=1S/C12H20N2OS/c1-2-3-4-5-6-14-12(15)9-11-10-16-8-7-13-11/h1,11,13H,3-10H2,(H,14,15). The molecule has 1 aliphatic heterocycles. The van der Waals surface area contributed by atoms with Crippen LogP contribution in [0.15, 0.2) is 0 Å². The summed E-state index contributed by atoms with van der Waals surface area (Å²) in [6.07, 6.45) is 8.52. The van der Waals surface area contributed by atoms with Crippen molar-refractivity contribution in [3.05, 3.63) is 0 Å². The summed E-state index contributed by atoms with van der Waals surface area (Å²) in [6.45, 7) is 1.77. The maximum Gasteiger partial charge on any atom is 0.221 e. The van der Waals surface area contributed by atoms with Crippen molar-refractivity contribution in [1.82, 2.24) is 10.6 Å². The van der Waals surface area contributed by atoms with Gasteiger partial charge in [0.25, 0.3) is 0 Å². The number of hydrogen-bond donors (Lipinski definition) is 2. The first-order valence-electron chi connectivity index (χ1n) is 5.84. The molecular formula is C12H20N2OS. The Hall–Kier alpha value is -0.660. The topological polar surface area (TPSA) is 41.1 Å². The fourth-order valence-corrected chi connectivity index (χ4v) is 2.58. The molecule has 0 spiro atoms. The maximum absolute atomic E-state index is 11.5. The minimum absolute atomic E-state index is 0.153. The van der Waals surface area contributed by atoms with E-state index in [0.29, 0.717) is 12.5 Å². The Bertz CT molecular complexity index is 244. The molecule has 0 radical (unpaired) electrons. The van der Waals surface area contributed by atoms with E-state index in [9.17, 15) is 4.79 Å². The fraction of sp³-hybridized carbons (Fsp3) is 0.750. The highest BCUT2D eigenvalue weighted by Crippen LogP contribution is 2.09. The Kier molecular flexibility index (Phi) is 7.11. The molecule has 1 amide bonds. The van der Waals surface area contributed by atoms with E-state index in [4.69, 9.17) is 6.42 Å². The summed E-state index contributed by atoms with van der Waals surface area (Å²) in [5.41, 5.74) is 0. The van der Waals surface area contributed by atoms with Crippen LogP contribution in [0.1, 0.15) is 25.7 Å². The van der Waals surface area contributed by atoms with Crippen LogP contribution in [-0.2, 0) is 4.79 Å². The SMILES string of the molecule is C#CCCCCNC(=O)CC1CSCCN1. The summed E-state index contributed by atoms with van der Waals surface area (Å²) >= 11 is 1.92. The van der Waals surface area contributed by atoms with Crippen molar-refractivity contribution in [3.63, 3.8) is 0 Å². The van der Waals surface area contributed by atoms with E-state index in [1.807, 2.05) is 11.8 Å². The van der Waals surface area contributed by atoms with Gasteiger partial charge in [-0.3, -0.25) is 4.79 Å². The van der Waals surface area contributed by atoms with Crippen molar-refractivity contribution in [2.45, 2.75) is 31.7 Å². The van der Waals surface area contributed by atoms with E-state index < -0.39 is 0 Å². The lowest BCUT2D eigenvalue weighted by molar-refractivity contribution is -0.121. The number of unbranched alkanes of at least 4 members (excludes halogenated alkanes) is 2. The molecule has 0 saturated carbocycles. The lowest BCUT2D eigenvalue weighted by Gasteiger charge is -2.22. The number of rotatable bonds is 6. The van der Waals surface area contributed by atoms with Gasteiger partial charge in [0.15, 0.2) is 0 Å². The highest BCUT2D eigenvalue weighted by molar-refractivity contribution is 7.99. The van der Waals surface area contributed by atoms with E-state index >= 15 is 0 Å². The summed E-state index contributed by atoms with van der Waals surface area (Å²) in [4.78, 5) is 11.5. The first-order valence-corrected chi connectivity index (χ1v) is 6.99. The number of thioether (sulfide) groups is 1. The van der Waals surface area contributed by atoms with Gasteiger partial charge < -0.3 is 10.6 Å². The lowest BCUT2D eigenvalue weighted by Crippen LogP contribution is -2.41. The van der Waals surface area contributed by atoms with Crippen LogP contribution in [0.4, 0.5) is 0 Å². The minimum atomic E-state index is 0.153. The molecule has 1 fully saturated rings. The van der Waals surface area contributed by atoms with Crippen molar-refractivity contribution < 1.29 is 4.79 Å². The van der Waals surface area contributed by atoms with Gasteiger partial charge in [-0.05, 0) is 12.8 Å². The third-order valence-electron chi connectivity index (χ3n) is 2.50. The summed E-state index contributed by atoms with van der Waals surface area (Å²) in [5.74, 6) is 4.95. The number of amides is 1. The van der Waals surface area contributed by atoms with Crippen molar-refractivity contribution in [1.29, 1.82) is 0 Å². The largest absolute Gasteiger partial charge is 0.356 e. The molecule has 0 aliphatic carbocycles. The number of carbonyl (C=O) groups excluding carboxylic acids is 1. The summed E-state index contributed by atoms with van der Waals surface area (Å²) in [5, 5.41) is 6.28. The monoisotopic (exact) mass is 240 g/mol. The van der Waals surface area contributed by atoms with Crippen LogP contribution in [0.5, 0.6) is 0 Å². The third kappa shape index (κ3) is 6.04. The van der Waals surface area contributed by atoms with Gasteiger partial charge in [0.2, 0.25) is 5.91 Å². The van der Waals surface area contributed by atoms with E-state index in [-0.39, 0.29) is 5.91 Å². The Morgan fingerprint density at radius 3 is 3.12 bits per heavy atom. The van der Waals surface area contributed by atoms with Crippen LogP contribution in [0.25, 0.3) is 0 Å². The van der Waals surface area contributed by atoms with Gasteiger partial charge in [-0.25, -0.2) is 0 Å². The second-order valence-electron chi connectivity index (χ2n) is 3.94. The molecule has 0 aromatic rings. The minimum Gasteiger partial charge on any atom is -0.356 e. The molecule has 0 aromatic carbocycles. The first kappa shape index (κ1) is 13.4. The zero-order chi connectivity index (χ0) is 11.6. The molecule has 16 heavy (non-hydrogen) atoms. The van der Waals surface area contributed by atoms with Crippen molar-refractivity contribution in [2.24, 2.45) is 0 Å². The van der Waals surface area contributed by atoms with Gasteiger partial charge in [-0.2, -0.15) is 11.8 Å². The van der Waals surface area contributed by atoms with Gasteiger partial charge >= 0.3 is 0 Å². The molecule has 1 aliphatic rings. The molecule has 1 saturated heterocycles. The molecule has 1 unspecified atom stereocenters. The van der Waals surface area contributed by atoms with E-state index in [2.05, 4.69) is 16.6 Å². The van der Waals surface area contributed by atoms with Gasteiger partial charge in [0.1, 0.15) is 0 Å². The average Bonchev–Trinajstić information content (AvgIpc) is 2.30. The van der Waals surface area contributed by atoms with Crippen molar-refractivity contribution in [3.8, 4) is 12.3 Å². The van der Waals surface area contributed by atoms with Crippen LogP contribution in [0.2, 0.25) is 0 Å². The second-order valence-corrected chi connectivity index (χ2v) is 5.09. The van der Waals surface area contributed by atoms with Crippen LogP contribution >= 0.6 is 11.8 Å². The van der Waals surface area contributed by atoms with Crippen molar-refractivity contribution in [2.75, 3.05) is 24.6 Å². The molecule has 1 atom stereocenters. The Morgan fingerprint density at radius 1 is 1.56 bits per heavy atom. The molecule has 1 heterocycles. The number of terminal acetylenes is 1. The maximum atomic E-state index is 11.5. The summed E-state index contributed by atoms with van der Waals surface area (Å²) in [7, 11) is 0. The summed E-state index contributed by atoms with van der Waals surface area (Å²) < 4.78 is 0. The van der Waals surface area contributed by atoms with Crippen LogP contribution in [-0.4, -0.2) is 36.5 Å². The van der Waals surface area contributed by atoms with Gasteiger partial charge in [0, 0.05) is 43.5 Å². The smallest absolute Gasteiger partial charge is 0.221 e. The van der Waals surface area contributed by atoms with Crippen LogP contribution in [0, 0.1) is 12.3 Å². The third-order valence-corrected chi connectivity index (χ3v) is 3.63. The second kappa shape index (κ2) is 8.49. The number of carbonyl (C=O) groups is 1. The van der Waals surface area contributed by atoms with Gasteiger partial charge in [0.05, 0.1) is 0 Å². The molecule has 2 N–H and O–H groups in total. The zero-order valence-corrected chi connectivity index (χ0v) is 10.4. The molecule has 1 rings (SSSR count). The highest BCUT2D eigenvalue weighted by Gasteiger charge is 2.15. The predicted octanol–water partition coefficient (Wildman–Crippen LogP) is 1.00. The zero-order valence-electron chi connectivity index (χ0n) is 9.63. The van der Waals surface area contributed by atoms with Crippen molar-refractivity contribution >= 4 is 17.7 Å². The number of nitrogens with one attached hydrogen (secondary N) is 2. The van der Waals surface area contributed by atoms with Gasteiger partial charge in [-0.1, -0.05) is 0 Å². The normalized spacial score (nSPS) is 20.1. The fourth-order valence-electron chi connectivity index (χ4n) is 1.63.